The van der Waals surface area contributed by atoms with Gasteiger partial charge in [0.25, 0.3) is 0 Å². The summed E-state index contributed by atoms with van der Waals surface area (Å²) in [6.45, 7) is 19.8. The van der Waals surface area contributed by atoms with Crippen molar-refractivity contribution in [3.63, 3.8) is 0 Å². The number of hydrogen-bond donors (Lipinski definition) is 0. The summed E-state index contributed by atoms with van der Waals surface area (Å²) in [6, 6.07) is 12.3. The summed E-state index contributed by atoms with van der Waals surface area (Å²) >= 11 is 0. The second kappa shape index (κ2) is 12.8. The van der Waals surface area contributed by atoms with Gasteiger partial charge in [-0.3, -0.25) is 15.0 Å². The van der Waals surface area contributed by atoms with Crippen LogP contribution in [0.2, 0.25) is 0 Å². The van der Waals surface area contributed by atoms with Gasteiger partial charge in [-0.1, -0.05) is 62.3 Å². The summed E-state index contributed by atoms with van der Waals surface area (Å²) in [7, 11) is 0. The third-order valence-corrected chi connectivity index (χ3v) is 4.64. The summed E-state index contributed by atoms with van der Waals surface area (Å²) < 4.78 is 0. The number of aromatic nitrogens is 3. The second-order valence-corrected chi connectivity index (χ2v) is 10.5. The first-order valence-electron chi connectivity index (χ1n) is 10.5. The molecule has 0 unspecified atom stereocenters. The fourth-order valence-electron chi connectivity index (χ4n) is 2.56. The van der Waals surface area contributed by atoms with Crippen LogP contribution in [0.15, 0.2) is 73.6 Å². The van der Waals surface area contributed by atoms with Crippen LogP contribution < -0.4 is 0 Å². The zero-order chi connectivity index (χ0) is 22.8. The van der Waals surface area contributed by atoms with E-state index in [4.69, 9.17) is 0 Å². The minimum absolute atomic E-state index is 0. The predicted molar refractivity (Wildman–Crippen MR) is 129 cm³/mol. The molecule has 0 aromatic carbocycles. The molecular weight excluding hydrogens is 467 g/mol. The molecule has 1 radical (unpaired) electrons. The van der Waals surface area contributed by atoms with E-state index in [1.54, 1.807) is 0 Å². The zero-order valence-corrected chi connectivity index (χ0v) is 22.4. The molecule has 3 heterocycles. The van der Waals surface area contributed by atoms with Gasteiger partial charge in [-0.05, 0) is 69.3 Å². The summed E-state index contributed by atoms with van der Waals surface area (Å²) in [5.74, 6) is 0. The van der Waals surface area contributed by atoms with Crippen molar-refractivity contribution >= 4 is 0 Å². The molecule has 0 bridgehead atoms. The number of rotatable bonds is 0. The van der Waals surface area contributed by atoms with Crippen LogP contribution in [-0.2, 0) is 35.7 Å². The molecule has 0 aliphatic heterocycles. The summed E-state index contributed by atoms with van der Waals surface area (Å²) in [5, 5.41) is 0. The molecule has 0 fully saturated rings. The van der Waals surface area contributed by atoms with Crippen molar-refractivity contribution in [3.8, 4) is 0 Å². The molecule has 0 amide bonds. The Bertz CT molecular complexity index is 711. The van der Waals surface area contributed by atoms with Gasteiger partial charge in [-0.25, -0.2) is 0 Å². The molecule has 0 saturated carbocycles. The van der Waals surface area contributed by atoms with E-state index < -0.39 is 0 Å². The van der Waals surface area contributed by atoms with Crippen molar-refractivity contribution in [1.29, 1.82) is 0 Å². The molecule has 3 rings (SSSR count). The van der Waals surface area contributed by atoms with Crippen LogP contribution in [0.4, 0.5) is 0 Å². The van der Waals surface area contributed by atoms with Crippen LogP contribution in [0.25, 0.3) is 0 Å². The van der Waals surface area contributed by atoms with Crippen LogP contribution in [0.5, 0.6) is 0 Å². The predicted octanol–water partition coefficient (Wildman–Crippen LogP) is 7.13. The first kappa shape index (κ1) is 29.1. The van der Waals surface area contributed by atoms with Crippen LogP contribution in [0.1, 0.15) is 79.0 Å². The summed E-state index contributed by atoms with van der Waals surface area (Å²) in [6.07, 6.45) is 11.0. The van der Waals surface area contributed by atoms with Crippen molar-refractivity contribution in [1.82, 2.24) is 15.0 Å². The molecule has 3 aromatic heterocycles. The second-order valence-electron chi connectivity index (χ2n) is 10.5. The van der Waals surface area contributed by atoms with Gasteiger partial charge >= 0.3 is 19.5 Å². The van der Waals surface area contributed by atoms with E-state index in [-0.39, 0.29) is 35.7 Å². The first-order chi connectivity index (χ1) is 13.8. The largest absolute Gasteiger partial charge is 3.00 e. The molecule has 0 aliphatic carbocycles. The number of nitrogens with zero attached hydrogens (tertiary/aromatic N) is 3. The molecule has 3 aromatic rings. The van der Waals surface area contributed by atoms with Gasteiger partial charge in [0.05, 0.1) is 0 Å². The minimum atomic E-state index is 0. The zero-order valence-electron chi connectivity index (χ0n) is 20.6. The van der Waals surface area contributed by atoms with E-state index in [0.717, 1.165) is 0 Å². The van der Waals surface area contributed by atoms with E-state index in [0.29, 0.717) is 0 Å². The third kappa shape index (κ3) is 11.9. The number of pyridine rings is 3. The third-order valence-electron chi connectivity index (χ3n) is 4.64. The van der Waals surface area contributed by atoms with E-state index in [9.17, 15) is 0 Å². The van der Waals surface area contributed by atoms with Crippen LogP contribution in [0.3, 0.4) is 0 Å². The van der Waals surface area contributed by atoms with Gasteiger partial charge in [0.15, 0.2) is 0 Å². The van der Waals surface area contributed by atoms with Gasteiger partial charge < -0.3 is 0 Å². The van der Waals surface area contributed by atoms with Gasteiger partial charge in [0.2, 0.25) is 0 Å². The molecule has 0 atom stereocenters. The Morgan fingerprint density at radius 2 is 0.548 bits per heavy atom. The quantitative estimate of drug-likeness (QED) is 0.304. The molecule has 0 N–H and O–H groups in total. The molecule has 167 valence electrons. The monoisotopic (exact) mass is 507 g/mol. The molecule has 0 spiro atoms. The molecule has 31 heavy (non-hydrogen) atoms. The van der Waals surface area contributed by atoms with Crippen molar-refractivity contribution < 1.29 is 19.5 Å². The van der Waals surface area contributed by atoms with Crippen molar-refractivity contribution in [2.75, 3.05) is 0 Å². The Balaban J connectivity index is 0.000000429. The normalized spacial score (nSPS) is 11.1. The van der Waals surface area contributed by atoms with E-state index in [2.05, 4.69) is 114 Å². The first-order valence-corrected chi connectivity index (χ1v) is 10.5. The average Bonchev–Trinajstić information content (AvgIpc) is 2.69. The Morgan fingerprint density at radius 3 is 0.645 bits per heavy atom. The van der Waals surface area contributed by atoms with Gasteiger partial charge in [-0.2, -0.15) is 0 Å². The maximum atomic E-state index is 3.96. The van der Waals surface area contributed by atoms with Crippen LogP contribution in [-0.4, -0.2) is 15.0 Å². The van der Waals surface area contributed by atoms with Gasteiger partial charge in [0.1, 0.15) is 0 Å². The van der Waals surface area contributed by atoms with Gasteiger partial charge in [-0.15, -0.1) is 0 Å². The fraction of sp³-hybridized carbons (Fsp3) is 0.444. The van der Waals surface area contributed by atoms with Crippen LogP contribution in [0, 0.1) is 0 Å². The Morgan fingerprint density at radius 1 is 0.387 bits per heavy atom. The van der Waals surface area contributed by atoms with Crippen molar-refractivity contribution in [2.45, 2.75) is 78.6 Å². The Labute approximate surface area is 202 Å². The Hall–Kier alpha value is -1.93. The molecule has 3 nitrogen and oxygen atoms in total. The maximum Gasteiger partial charge on any atom is 3.00 e. The van der Waals surface area contributed by atoms with Crippen molar-refractivity contribution in [3.05, 3.63) is 90.3 Å². The van der Waals surface area contributed by atoms with E-state index in [1.807, 2.05) is 37.2 Å². The van der Waals surface area contributed by atoms with Gasteiger partial charge in [0, 0.05) is 37.2 Å². The van der Waals surface area contributed by atoms with Crippen molar-refractivity contribution in [2.24, 2.45) is 0 Å². The van der Waals surface area contributed by atoms with E-state index in [1.165, 1.54) is 16.7 Å². The smallest absolute Gasteiger partial charge is 0.265 e. The molecular formula is C27H39N3Ru+3. The fourth-order valence-corrected chi connectivity index (χ4v) is 2.56. The average molecular weight is 507 g/mol. The summed E-state index contributed by atoms with van der Waals surface area (Å²) in [4.78, 5) is 11.9. The molecule has 4 heteroatoms. The number of hydrogen-bond acceptors (Lipinski definition) is 3. The minimum Gasteiger partial charge on any atom is -0.265 e. The standard InChI is InChI=1S/3C9H13N.Ru/c3*1-9(2,3)8-4-6-10-7-5-8;/h3*4-7H,1-3H3;/q;;;+3. The molecule has 0 aliphatic rings. The topological polar surface area (TPSA) is 38.7 Å². The van der Waals surface area contributed by atoms with Crippen LogP contribution >= 0.6 is 0 Å². The summed E-state index contributed by atoms with van der Waals surface area (Å²) in [5.41, 5.74) is 4.77. The molecule has 0 saturated heterocycles. The SMILES string of the molecule is CC(C)(C)c1ccncc1.CC(C)(C)c1ccncc1.CC(C)(C)c1ccncc1.[Ru+3]. The van der Waals surface area contributed by atoms with E-state index >= 15 is 0 Å². The maximum absolute atomic E-state index is 3.96. The Kier molecular flexibility index (Phi) is 12.0.